The normalized spacial score (nSPS) is 18.4. The van der Waals surface area contributed by atoms with Gasteiger partial charge in [0, 0.05) is 51.7 Å². The van der Waals surface area contributed by atoms with Crippen LogP contribution in [0, 0.1) is 0 Å². The number of nitrogens with zero attached hydrogens (tertiary/aromatic N) is 7. The summed E-state index contributed by atoms with van der Waals surface area (Å²) in [5, 5.41) is 4.45. The number of thiazole rings is 1. The van der Waals surface area contributed by atoms with Crippen molar-refractivity contribution in [3.05, 3.63) is 17.4 Å². The molecular weight excluding hydrogens is 390 g/mol. The third kappa shape index (κ3) is 3.99. The van der Waals surface area contributed by atoms with Crippen LogP contribution in [0.5, 0.6) is 0 Å². The maximum atomic E-state index is 5.63. The van der Waals surface area contributed by atoms with Gasteiger partial charge in [-0.3, -0.25) is 4.90 Å². The molecule has 5 rings (SSSR count). The molecule has 152 valence electrons. The van der Waals surface area contributed by atoms with Crippen LogP contribution in [0.2, 0.25) is 0 Å². The smallest absolute Gasteiger partial charge is 0.219 e. The highest BCUT2D eigenvalue weighted by Gasteiger charge is 2.22. The highest BCUT2D eigenvalue weighted by atomic mass is 32.1. The molecule has 0 aromatic carbocycles. The average molecular weight is 414 g/mol. The van der Waals surface area contributed by atoms with Crippen molar-refractivity contribution in [2.75, 3.05) is 63.1 Å². The monoisotopic (exact) mass is 413 g/mol. The first kappa shape index (κ1) is 18.6. The van der Waals surface area contributed by atoms with Gasteiger partial charge in [-0.05, 0) is 0 Å². The number of piperazine rings is 1. The molecule has 2 aliphatic rings. The van der Waals surface area contributed by atoms with Gasteiger partial charge in [0.2, 0.25) is 5.95 Å². The zero-order valence-electron chi connectivity index (χ0n) is 16.0. The topological polar surface area (TPSA) is 118 Å². The minimum absolute atomic E-state index is 0.232. The van der Waals surface area contributed by atoms with E-state index in [1.165, 1.54) is 0 Å². The van der Waals surface area contributed by atoms with Crippen LogP contribution in [0.3, 0.4) is 0 Å². The lowest BCUT2D eigenvalue weighted by Gasteiger charge is -2.28. The Morgan fingerprint density at radius 3 is 2.55 bits per heavy atom. The molecule has 0 radical (unpaired) electrons. The molecule has 0 bridgehead atoms. The van der Waals surface area contributed by atoms with Crippen LogP contribution < -0.4 is 16.0 Å². The van der Waals surface area contributed by atoms with Gasteiger partial charge >= 0.3 is 0 Å². The van der Waals surface area contributed by atoms with Gasteiger partial charge in [0.05, 0.1) is 25.3 Å². The molecule has 2 fully saturated rings. The van der Waals surface area contributed by atoms with E-state index >= 15 is 0 Å². The Labute approximate surface area is 172 Å². The second-order valence-electron chi connectivity index (χ2n) is 7.09. The summed E-state index contributed by atoms with van der Waals surface area (Å²) >= 11 is 1.69. The number of nitrogens with two attached hydrogens (primary N) is 1. The van der Waals surface area contributed by atoms with Gasteiger partial charge < -0.3 is 20.7 Å². The van der Waals surface area contributed by atoms with Crippen molar-refractivity contribution in [1.82, 2.24) is 35.1 Å². The SMILES string of the molecule is Nc1ncc(-c2nc(N3CCOCC3)c3sc(CN4CCNCC4)nc3n2)cn1. The number of nitrogens with one attached hydrogen (secondary N) is 1. The fraction of sp³-hybridized carbons (Fsp3) is 0.500. The highest BCUT2D eigenvalue weighted by molar-refractivity contribution is 7.19. The minimum atomic E-state index is 0.232. The molecule has 0 aliphatic carbocycles. The van der Waals surface area contributed by atoms with Crippen molar-refractivity contribution in [3.63, 3.8) is 0 Å². The lowest BCUT2D eigenvalue weighted by atomic mass is 10.3. The van der Waals surface area contributed by atoms with E-state index in [1.54, 1.807) is 23.7 Å². The van der Waals surface area contributed by atoms with Gasteiger partial charge in [-0.1, -0.05) is 0 Å². The molecule has 0 spiro atoms. The van der Waals surface area contributed by atoms with Crippen molar-refractivity contribution in [2.24, 2.45) is 0 Å². The molecule has 0 unspecified atom stereocenters. The van der Waals surface area contributed by atoms with Crippen LogP contribution in [-0.2, 0) is 11.3 Å². The largest absolute Gasteiger partial charge is 0.378 e. The number of aromatic nitrogens is 5. The molecule has 2 aliphatic heterocycles. The molecule has 0 atom stereocenters. The maximum Gasteiger partial charge on any atom is 0.219 e. The van der Waals surface area contributed by atoms with Crippen molar-refractivity contribution < 1.29 is 4.74 Å². The zero-order chi connectivity index (χ0) is 19.6. The Balaban J connectivity index is 1.54. The van der Waals surface area contributed by atoms with Crippen molar-refractivity contribution in [3.8, 4) is 11.4 Å². The average Bonchev–Trinajstić information content (AvgIpc) is 3.17. The fourth-order valence-corrected chi connectivity index (χ4v) is 4.62. The second kappa shape index (κ2) is 8.11. The summed E-state index contributed by atoms with van der Waals surface area (Å²) in [6.45, 7) is 7.93. The zero-order valence-corrected chi connectivity index (χ0v) is 16.9. The van der Waals surface area contributed by atoms with Crippen LogP contribution >= 0.6 is 11.3 Å². The Kier molecular flexibility index (Phi) is 5.19. The number of fused-ring (bicyclic) bond motifs is 1. The van der Waals surface area contributed by atoms with E-state index in [0.29, 0.717) is 19.0 Å². The summed E-state index contributed by atoms with van der Waals surface area (Å²) in [6, 6.07) is 0. The number of hydrogen-bond acceptors (Lipinski definition) is 11. The van der Waals surface area contributed by atoms with Crippen LogP contribution in [0.15, 0.2) is 12.4 Å². The van der Waals surface area contributed by atoms with Crippen molar-refractivity contribution in [2.45, 2.75) is 6.54 Å². The van der Waals surface area contributed by atoms with E-state index in [-0.39, 0.29) is 5.95 Å². The number of rotatable bonds is 4. The standard InChI is InChI=1S/C18H23N9OS/c19-18-21-9-12(10-22-18)15-24-16-14(17(25-15)27-5-7-28-8-6-27)29-13(23-16)11-26-3-1-20-2-4-26/h9-10,20H,1-8,11H2,(H2,19,21,22). The predicted octanol–water partition coefficient (Wildman–Crippen LogP) is 0.367. The van der Waals surface area contributed by atoms with Crippen LogP contribution in [0.1, 0.15) is 5.01 Å². The highest BCUT2D eigenvalue weighted by Crippen LogP contribution is 2.32. The first-order chi connectivity index (χ1) is 14.3. The first-order valence-electron chi connectivity index (χ1n) is 9.77. The minimum Gasteiger partial charge on any atom is -0.378 e. The van der Waals surface area contributed by atoms with Crippen LogP contribution in [0.25, 0.3) is 21.7 Å². The van der Waals surface area contributed by atoms with Gasteiger partial charge in [-0.15, -0.1) is 11.3 Å². The van der Waals surface area contributed by atoms with Crippen molar-refractivity contribution >= 4 is 33.5 Å². The molecule has 0 saturated carbocycles. The number of ether oxygens (including phenoxy) is 1. The third-order valence-corrected chi connectivity index (χ3v) is 6.11. The summed E-state index contributed by atoms with van der Waals surface area (Å²) < 4.78 is 6.55. The molecular formula is C18H23N9OS. The molecule has 5 heterocycles. The number of hydrogen-bond donors (Lipinski definition) is 2. The number of nitrogen functional groups attached to an aromatic ring is 1. The lowest BCUT2D eigenvalue weighted by Crippen LogP contribution is -2.42. The maximum absolute atomic E-state index is 5.63. The van der Waals surface area contributed by atoms with Gasteiger partial charge in [-0.2, -0.15) is 0 Å². The third-order valence-electron chi connectivity index (χ3n) is 5.09. The number of morpholine rings is 1. The van der Waals surface area contributed by atoms with E-state index in [9.17, 15) is 0 Å². The molecule has 2 saturated heterocycles. The van der Waals surface area contributed by atoms with Gasteiger partial charge in [-0.25, -0.2) is 24.9 Å². The molecule has 3 aromatic rings. The quantitative estimate of drug-likeness (QED) is 0.621. The van der Waals surface area contributed by atoms with Gasteiger partial charge in [0.1, 0.15) is 9.71 Å². The Morgan fingerprint density at radius 2 is 1.79 bits per heavy atom. The Morgan fingerprint density at radius 1 is 1.03 bits per heavy atom. The summed E-state index contributed by atoms with van der Waals surface area (Å²) in [5.74, 6) is 1.71. The van der Waals surface area contributed by atoms with Gasteiger partial charge in [0.25, 0.3) is 0 Å². The molecule has 3 aromatic heterocycles. The fourth-order valence-electron chi connectivity index (χ4n) is 3.55. The van der Waals surface area contributed by atoms with E-state index in [2.05, 4.69) is 25.1 Å². The van der Waals surface area contributed by atoms with Crippen LogP contribution in [-0.4, -0.2) is 82.3 Å². The Bertz CT molecular complexity index is 981. The summed E-state index contributed by atoms with van der Waals surface area (Å²) in [7, 11) is 0. The molecule has 29 heavy (non-hydrogen) atoms. The Hall–Kier alpha value is -2.47. The van der Waals surface area contributed by atoms with E-state index in [1.807, 2.05) is 0 Å². The van der Waals surface area contributed by atoms with E-state index < -0.39 is 0 Å². The van der Waals surface area contributed by atoms with E-state index in [4.69, 9.17) is 25.4 Å². The molecule has 3 N–H and O–H groups in total. The second-order valence-corrected chi connectivity index (χ2v) is 8.17. The van der Waals surface area contributed by atoms with E-state index in [0.717, 1.165) is 72.5 Å². The van der Waals surface area contributed by atoms with Crippen LogP contribution in [0.4, 0.5) is 11.8 Å². The predicted molar refractivity (Wildman–Crippen MR) is 112 cm³/mol. The molecule has 0 amide bonds. The van der Waals surface area contributed by atoms with Gasteiger partial charge in [0.15, 0.2) is 17.3 Å². The lowest BCUT2D eigenvalue weighted by molar-refractivity contribution is 0.122. The van der Waals surface area contributed by atoms with Crippen molar-refractivity contribution in [1.29, 1.82) is 0 Å². The summed E-state index contributed by atoms with van der Waals surface area (Å²) in [6.07, 6.45) is 3.31. The first-order valence-corrected chi connectivity index (χ1v) is 10.6. The number of anilines is 2. The summed E-state index contributed by atoms with van der Waals surface area (Å²) in [4.78, 5) is 27.3. The molecule has 10 nitrogen and oxygen atoms in total. The summed E-state index contributed by atoms with van der Waals surface area (Å²) in [5.41, 5.74) is 7.08. The molecule has 11 heteroatoms.